The predicted octanol–water partition coefficient (Wildman–Crippen LogP) is 4.59. The maximum Gasteiger partial charge on any atom is 0.282 e. The van der Waals surface area contributed by atoms with Crippen LogP contribution in [0.25, 0.3) is 11.3 Å². The van der Waals surface area contributed by atoms with E-state index in [0.717, 1.165) is 16.8 Å². The molecule has 0 aliphatic heterocycles. The Kier molecular flexibility index (Phi) is 4.58. The van der Waals surface area contributed by atoms with E-state index in [2.05, 4.69) is 16.4 Å². The third-order valence-corrected chi connectivity index (χ3v) is 4.49. The predicted molar refractivity (Wildman–Crippen MR) is 98.1 cm³/mol. The van der Waals surface area contributed by atoms with E-state index in [4.69, 9.17) is 0 Å². The minimum atomic E-state index is -0.572. The van der Waals surface area contributed by atoms with Crippen molar-refractivity contribution in [2.45, 2.75) is 13.8 Å². The number of anilines is 1. The summed E-state index contributed by atoms with van der Waals surface area (Å²) in [7, 11) is 0. The fraction of sp³-hybridized carbons (Fsp3) is 0.111. The first kappa shape index (κ1) is 16.8. The SMILES string of the molecule is Cc1ccc(-c2csc(NC(=O)c3ccccc3[N+](=O)[O-])n2)c(C)c1. The second kappa shape index (κ2) is 6.82. The van der Waals surface area contributed by atoms with Crippen LogP contribution in [0.2, 0.25) is 0 Å². The molecule has 6 nitrogen and oxygen atoms in total. The van der Waals surface area contributed by atoms with Crippen LogP contribution in [-0.4, -0.2) is 15.8 Å². The number of nitro benzene ring substituents is 1. The maximum atomic E-state index is 12.3. The molecule has 0 bridgehead atoms. The van der Waals surface area contributed by atoms with Gasteiger partial charge in [-0.05, 0) is 25.5 Å². The quantitative estimate of drug-likeness (QED) is 0.549. The number of benzene rings is 2. The molecule has 0 unspecified atom stereocenters. The Morgan fingerprint density at radius 1 is 1.20 bits per heavy atom. The van der Waals surface area contributed by atoms with Crippen molar-refractivity contribution in [2.75, 3.05) is 5.32 Å². The van der Waals surface area contributed by atoms with E-state index in [1.165, 1.54) is 35.1 Å². The minimum Gasteiger partial charge on any atom is -0.298 e. The van der Waals surface area contributed by atoms with Crippen LogP contribution in [-0.2, 0) is 0 Å². The number of rotatable bonds is 4. The smallest absolute Gasteiger partial charge is 0.282 e. The molecule has 0 aliphatic carbocycles. The summed E-state index contributed by atoms with van der Waals surface area (Å²) >= 11 is 1.28. The standard InChI is InChI=1S/C18H15N3O3S/c1-11-7-8-13(12(2)9-11)15-10-25-18(19-15)20-17(22)14-5-3-4-6-16(14)21(23)24/h3-10H,1-2H3,(H,19,20,22). The van der Waals surface area contributed by atoms with Crippen LogP contribution in [0, 0.1) is 24.0 Å². The summed E-state index contributed by atoms with van der Waals surface area (Å²) in [5.74, 6) is -0.547. The lowest BCUT2D eigenvalue weighted by molar-refractivity contribution is -0.385. The molecular weight excluding hydrogens is 338 g/mol. The van der Waals surface area contributed by atoms with Crippen molar-refractivity contribution in [3.63, 3.8) is 0 Å². The van der Waals surface area contributed by atoms with Crippen LogP contribution >= 0.6 is 11.3 Å². The number of carbonyl (C=O) groups is 1. The molecule has 1 aromatic heterocycles. The molecule has 1 amide bonds. The molecule has 126 valence electrons. The monoisotopic (exact) mass is 353 g/mol. The lowest BCUT2D eigenvalue weighted by atomic mass is 10.0. The molecule has 2 aromatic carbocycles. The molecule has 0 radical (unpaired) electrons. The van der Waals surface area contributed by atoms with Gasteiger partial charge in [0.25, 0.3) is 11.6 Å². The number of aryl methyl sites for hydroxylation is 2. The number of nitrogens with zero attached hydrogens (tertiary/aromatic N) is 2. The molecule has 0 spiro atoms. The number of thiazole rings is 1. The summed E-state index contributed by atoms with van der Waals surface area (Å²) < 4.78 is 0. The van der Waals surface area contributed by atoms with Crippen LogP contribution < -0.4 is 5.32 Å². The summed E-state index contributed by atoms with van der Waals surface area (Å²) in [6.07, 6.45) is 0. The molecule has 0 saturated heterocycles. The lowest BCUT2D eigenvalue weighted by Gasteiger charge is -2.04. The first-order valence-corrected chi connectivity index (χ1v) is 8.41. The molecule has 3 rings (SSSR count). The number of aromatic nitrogens is 1. The van der Waals surface area contributed by atoms with E-state index in [9.17, 15) is 14.9 Å². The largest absolute Gasteiger partial charge is 0.298 e. The maximum absolute atomic E-state index is 12.3. The zero-order chi connectivity index (χ0) is 18.0. The van der Waals surface area contributed by atoms with Gasteiger partial charge in [0, 0.05) is 17.0 Å². The van der Waals surface area contributed by atoms with Gasteiger partial charge >= 0.3 is 0 Å². The molecule has 25 heavy (non-hydrogen) atoms. The Labute approximate surface area is 148 Å². The van der Waals surface area contributed by atoms with Crippen molar-refractivity contribution in [3.8, 4) is 11.3 Å². The summed E-state index contributed by atoms with van der Waals surface area (Å²) in [6, 6.07) is 11.9. The van der Waals surface area contributed by atoms with E-state index < -0.39 is 10.8 Å². The first-order chi connectivity index (χ1) is 12.0. The van der Waals surface area contributed by atoms with Crippen molar-refractivity contribution in [2.24, 2.45) is 0 Å². The zero-order valence-electron chi connectivity index (χ0n) is 13.6. The number of nitro groups is 1. The van der Waals surface area contributed by atoms with Crippen LogP contribution in [0.3, 0.4) is 0 Å². The molecule has 1 N–H and O–H groups in total. The Hall–Kier alpha value is -3.06. The fourth-order valence-corrected chi connectivity index (χ4v) is 3.25. The highest BCUT2D eigenvalue weighted by atomic mass is 32.1. The number of hydrogen-bond acceptors (Lipinski definition) is 5. The first-order valence-electron chi connectivity index (χ1n) is 7.53. The lowest BCUT2D eigenvalue weighted by Crippen LogP contribution is -2.13. The molecular formula is C18H15N3O3S. The second-order valence-corrected chi connectivity index (χ2v) is 6.44. The molecule has 3 aromatic rings. The van der Waals surface area contributed by atoms with Crippen molar-refractivity contribution >= 4 is 28.1 Å². The van der Waals surface area contributed by atoms with Gasteiger partial charge in [0.2, 0.25) is 0 Å². The number of carbonyl (C=O) groups excluding carboxylic acids is 1. The third kappa shape index (κ3) is 3.56. The third-order valence-electron chi connectivity index (χ3n) is 3.73. The van der Waals surface area contributed by atoms with Crippen molar-refractivity contribution in [1.29, 1.82) is 0 Å². The number of nitrogens with one attached hydrogen (secondary N) is 1. The highest BCUT2D eigenvalue weighted by Crippen LogP contribution is 2.28. The summed E-state index contributed by atoms with van der Waals surface area (Å²) in [6.45, 7) is 4.03. The van der Waals surface area contributed by atoms with Gasteiger partial charge in [-0.2, -0.15) is 0 Å². The van der Waals surface area contributed by atoms with Crippen molar-refractivity contribution < 1.29 is 9.72 Å². The van der Waals surface area contributed by atoms with Gasteiger partial charge in [-0.15, -0.1) is 11.3 Å². The van der Waals surface area contributed by atoms with E-state index in [1.54, 1.807) is 6.07 Å². The van der Waals surface area contributed by atoms with Gasteiger partial charge in [-0.1, -0.05) is 35.9 Å². The average molecular weight is 353 g/mol. The van der Waals surface area contributed by atoms with E-state index in [1.807, 2.05) is 31.4 Å². The molecule has 0 aliphatic rings. The van der Waals surface area contributed by atoms with Crippen LogP contribution in [0.4, 0.5) is 10.8 Å². The summed E-state index contributed by atoms with van der Waals surface area (Å²) in [5, 5.41) is 15.9. The van der Waals surface area contributed by atoms with Gasteiger partial charge in [0.1, 0.15) is 5.56 Å². The molecule has 0 atom stereocenters. The number of amides is 1. The second-order valence-electron chi connectivity index (χ2n) is 5.58. The van der Waals surface area contributed by atoms with Crippen molar-refractivity contribution in [1.82, 2.24) is 4.98 Å². The van der Waals surface area contributed by atoms with Gasteiger partial charge in [0.05, 0.1) is 10.6 Å². The molecule has 0 fully saturated rings. The van der Waals surface area contributed by atoms with Gasteiger partial charge in [0.15, 0.2) is 5.13 Å². The van der Waals surface area contributed by atoms with Gasteiger partial charge in [-0.3, -0.25) is 20.2 Å². The zero-order valence-corrected chi connectivity index (χ0v) is 14.5. The molecule has 7 heteroatoms. The van der Waals surface area contributed by atoms with E-state index in [0.29, 0.717) is 5.13 Å². The fourth-order valence-electron chi connectivity index (χ4n) is 2.55. The average Bonchev–Trinajstić information content (AvgIpc) is 3.02. The Balaban J connectivity index is 1.84. The van der Waals surface area contributed by atoms with Crippen LogP contribution in [0.5, 0.6) is 0 Å². The molecule has 1 heterocycles. The van der Waals surface area contributed by atoms with Crippen LogP contribution in [0.15, 0.2) is 47.8 Å². The Morgan fingerprint density at radius 3 is 2.68 bits per heavy atom. The van der Waals surface area contributed by atoms with E-state index >= 15 is 0 Å². The summed E-state index contributed by atoms with van der Waals surface area (Å²) in [5.41, 5.74) is 3.80. The number of hydrogen-bond donors (Lipinski definition) is 1. The van der Waals surface area contributed by atoms with Gasteiger partial charge < -0.3 is 0 Å². The van der Waals surface area contributed by atoms with E-state index in [-0.39, 0.29) is 11.3 Å². The Morgan fingerprint density at radius 2 is 1.96 bits per heavy atom. The topological polar surface area (TPSA) is 85.1 Å². The Bertz CT molecular complexity index is 966. The van der Waals surface area contributed by atoms with Crippen molar-refractivity contribution in [3.05, 3.63) is 74.6 Å². The normalized spacial score (nSPS) is 10.5. The van der Waals surface area contributed by atoms with Crippen LogP contribution in [0.1, 0.15) is 21.5 Å². The number of para-hydroxylation sites is 1. The minimum absolute atomic E-state index is 0.00997. The molecule has 0 saturated carbocycles. The highest BCUT2D eigenvalue weighted by molar-refractivity contribution is 7.14. The highest BCUT2D eigenvalue weighted by Gasteiger charge is 2.20. The van der Waals surface area contributed by atoms with Gasteiger partial charge in [-0.25, -0.2) is 4.98 Å². The summed E-state index contributed by atoms with van der Waals surface area (Å²) in [4.78, 5) is 27.2.